The van der Waals surface area contributed by atoms with Crippen LogP contribution in [-0.2, 0) is 0 Å². The zero-order valence-corrected chi connectivity index (χ0v) is 9.40. The maximum atomic E-state index is 10.9. The van der Waals surface area contributed by atoms with Gasteiger partial charge in [-0.05, 0) is 0 Å². The van der Waals surface area contributed by atoms with Crippen molar-refractivity contribution in [3.8, 4) is 0 Å². The molecule has 0 aliphatic carbocycles. The number of rotatable bonds is 0. The molecule has 0 aliphatic rings. The molecule has 2 rings (SSSR count). The minimum atomic E-state index is -0.650. The zero-order valence-electron chi connectivity index (χ0n) is 6.95. The molecule has 0 fully saturated rings. The molecule has 2 aromatic heterocycles. The van der Waals surface area contributed by atoms with E-state index < -0.39 is 16.9 Å². The van der Waals surface area contributed by atoms with E-state index in [-0.39, 0.29) is 48.4 Å². The van der Waals surface area contributed by atoms with E-state index in [1.54, 1.807) is 0 Å². The number of H-pyrrole nitrogens is 4. The highest BCUT2D eigenvalue weighted by molar-refractivity contribution is 5.86. The van der Waals surface area contributed by atoms with Gasteiger partial charge in [-0.1, -0.05) is 0 Å². The first-order chi connectivity index (χ1) is 5.66. The fourth-order valence-corrected chi connectivity index (χ4v) is 0.958. The number of hydrogen-bond donors (Lipinski definition) is 4. The molecule has 0 unspecified atom stereocenters. The van der Waals surface area contributed by atoms with E-state index in [1.165, 1.54) is 0 Å². The number of fused-ring (bicyclic) bond motifs is 1. The highest BCUT2D eigenvalue weighted by Gasteiger charge is 2.02. The average molecular weight is 277 g/mol. The van der Waals surface area contributed by atoms with E-state index in [9.17, 15) is 14.4 Å². The van der Waals surface area contributed by atoms with Crippen molar-refractivity contribution in [2.75, 3.05) is 0 Å². The summed E-state index contributed by atoms with van der Waals surface area (Å²) in [5, 5.41) is 0. The van der Waals surface area contributed by atoms with Crippen LogP contribution in [0.25, 0.3) is 11.2 Å². The molecule has 0 aromatic carbocycles. The summed E-state index contributed by atoms with van der Waals surface area (Å²) in [6.45, 7) is 0. The third-order valence-electron chi connectivity index (χ3n) is 1.42. The molecule has 0 bridgehead atoms. The first kappa shape index (κ1) is 16.3. The maximum absolute atomic E-state index is 10.9. The predicted molar refractivity (Wildman–Crippen MR) is 61.9 cm³/mol. The number of hydrogen-bond acceptors (Lipinski definition) is 3. The van der Waals surface area contributed by atoms with Crippen molar-refractivity contribution in [3.63, 3.8) is 0 Å². The summed E-state index contributed by atoms with van der Waals surface area (Å²) < 4.78 is 0. The molecule has 0 amide bonds. The molecule has 0 saturated heterocycles. The van der Waals surface area contributed by atoms with Crippen molar-refractivity contribution in [3.05, 3.63) is 31.3 Å². The Morgan fingerprint density at radius 3 is 1.67 bits per heavy atom. The van der Waals surface area contributed by atoms with Crippen molar-refractivity contribution < 1.29 is 0 Å². The molecule has 0 aliphatic heterocycles. The van der Waals surface area contributed by atoms with Crippen LogP contribution in [0.1, 0.15) is 0 Å². The number of halogens is 3. The van der Waals surface area contributed by atoms with Crippen LogP contribution in [-0.4, -0.2) is 19.9 Å². The monoisotopic (exact) mass is 276 g/mol. The van der Waals surface area contributed by atoms with Crippen LogP contribution in [0, 0.1) is 0 Å². The molecular weight excluding hydrogens is 270 g/mol. The summed E-state index contributed by atoms with van der Waals surface area (Å²) in [6.07, 6.45) is 0. The first-order valence-electron chi connectivity index (χ1n) is 3.11. The van der Waals surface area contributed by atoms with Crippen molar-refractivity contribution in [1.29, 1.82) is 0 Å². The summed E-state index contributed by atoms with van der Waals surface area (Å²) in [4.78, 5) is 41.0. The van der Waals surface area contributed by atoms with E-state index in [1.807, 2.05) is 4.98 Å². The Kier molecular flexibility index (Phi) is 6.11. The average Bonchev–Trinajstić information content (AvgIpc) is 2.29. The third kappa shape index (κ3) is 2.88. The first-order valence-corrected chi connectivity index (χ1v) is 3.11. The number of aromatic nitrogens is 4. The van der Waals surface area contributed by atoms with Gasteiger partial charge in [0.25, 0.3) is 5.56 Å². The largest absolute Gasteiger partial charge is 0.327 e. The fourth-order valence-electron chi connectivity index (χ4n) is 0.958. The topological polar surface area (TPSA) is 114 Å². The summed E-state index contributed by atoms with van der Waals surface area (Å²) in [5.74, 6) is 0. The minimum Gasteiger partial charge on any atom is -0.300 e. The van der Waals surface area contributed by atoms with E-state index in [0.29, 0.717) is 0 Å². The van der Waals surface area contributed by atoms with Gasteiger partial charge in [0.15, 0.2) is 0 Å². The van der Waals surface area contributed by atoms with Gasteiger partial charge in [-0.2, -0.15) is 0 Å². The lowest BCUT2D eigenvalue weighted by molar-refractivity contribution is 1.07. The van der Waals surface area contributed by atoms with Crippen molar-refractivity contribution in [1.82, 2.24) is 19.9 Å². The number of aromatic amines is 4. The van der Waals surface area contributed by atoms with Gasteiger partial charge in [0.05, 0.1) is 0 Å². The standard InChI is InChI=1S/C5H4N4O3.3ClH/c10-3-1-2(7-4(11)6-1)8-5(12)9-3;;;/h(H4,6,7,8,9,10,11,12);3*1H. The lowest BCUT2D eigenvalue weighted by atomic mass is 10.5. The molecule has 2 heterocycles. The SMILES string of the molecule is Cl.Cl.Cl.O=c1[nH]c(=O)c2[nH]c(=O)[nH]c2[nH]1. The number of nitrogens with one attached hydrogen (secondary N) is 4. The van der Waals surface area contributed by atoms with E-state index >= 15 is 0 Å². The summed E-state index contributed by atoms with van der Waals surface area (Å²) in [7, 11) is 0. The normalized spacial score (nSPS) is 8.53. The van der Waals surface area contributed by atoms with Crippen LogP contribution >= 0.6 is 37.2 Å². The summed E-state index contributed by atoms with van der Waals surface area (Å²) in [6, 6.07) is 0. The van der Waals surface area contributed by atoms with Gasteiger partial charge in [0.2, 0.25) is 0 Å². The second-order valence-corrected chi connectivity index (χ2v) is 2.24. The summed E-state index contributed by atoms with van der Waals surface area (Å²) >= 11 is 0. The molecule has 15 heavy (non-hydrogen) atoms. The van der Waals surface area contributed by atoms with Gasteiger partial charge in [-0.15, -0.1) is 37.2 Å². The summed E-state index contributed by atoms with van der Waals surface area (Å²) in [5.41, 5.74) is -1.65. The van der Waals surface area contributed by atoms with Crippen LogP contribution < -0.4 is 16.9 Å². The highest BCUT2D eigenvalue weighted by atomic mass is 35.5. The van der Waals surface area contributed by atoms with Gasteiger partial charge in [0.1, 0.15) is 11.2 Å². The second kappa shape index (κ2) is 5.64. The van der Waals surface area contributed by atoms with Crippen molar-refractivity contribution in [2.24, 2.45) is 0 Å². The van der Waals surface area contributed by atoms with Crippen molar-refractivity contribution >= 4 is 48.4 Å². The third-order valence-corrected chi connectivity index (χ3v) is 1.42. The molecule has 0 atom stereocenters. The second-order valence-electron chi connectivity index (χ2n) is 2.24. The van der Waals surface area contributed by atoms with Crippen LogP contribution in [0.15, 0.2) is 14.4 Å². The van der Waals surface area contributed by atoms with E-state index in [0.717, 1.165) is 0 Å². The van der Waals surface area contributed by atoms with Gasteiger partial charge in [-0.3, -0.25) is 24.7 Å². The van der Waals surface area contributed by atoms with Crippen LogP contribution in [0.2, 0.25) is 0 Å². The van der Waals surface area contributed by atoms with Crippen molar-refractivity contribution in [2.45, 2.75) is 0 Å². The Bertz CT molecular complexity index is 594. The Hall–Kier alpha value is -1.18. The van der Waals surface area contributed by atoms with Gasteiger partial charge < -0.3 is 0 Å². The molecule has 86 valence electrons. The molecule has 0 spiro atoms. The highest BCUT2D eigenvalue weighted by Crippen LogP contribution is 1.88. The van der Waals surface area contributed by atoms with E-state index in [4.69, 9.17) is 0 Å². The smallest absolute Gasteiger partial charge is 0.300 e. The number of imidazole rings is 1. The quantitative estimate of drug-likeness (QED) is 0.520. The van der Waals surface area contributed by atoms with Gasteiger partial charge >= 0.3 is 11.4 Å². The Balaban J connectivity index is 0. The van der Waals surface area contributed by atoms with Crippen LogP contribution in [0.4, 0.5) is 0 Å². The van der Waals surface area contributed by atoms with Crippen LogP contribution in [0.5, 0.6) is 0 Å². The molecule has 0 radical (unpaired) electrons. The Morgan fingerprint density at radius 2 is 1.13 bits per heavy atom. The lowest BCUT2D eigenvalue weighted by Crippen LogP contribution is -2.21. The zero-order chi connectivity index (χ0) is 8.72. The molecule has 7 nitrogen and oxygen atoms in total. The molecule has 0 saturated carbocycles. The maximum Gasteiger partial charge on any atom is 0.327 e. The van der Waals surface area contributed by atoms with Gasteiger partial charge in [-0.25, -0.2) is 9.59 Å². The predicted octanol–water partition coefficient (Wildman–Crippen LogP) is -0.502. The Morgan fingerprint density at radius 1 is 0.667 bits per heavy atom. The van der Waals surface area contributed by atoms with E-state index in [2.05, 4.69) is 15.0 Å². The molecular formula is C5H7Cl3N4O3. The minimum absolute atomic E-state index is 0. The molecule has 4 N–H and O–H groups in total. The lowest BCUT2D eigenvalue weighted by Gasteiger charge is -1.83. The molecule has 2 aromatic rings. The van der Waals surface area contributed by atoms with Gasteiger partial charge in [0, 0.05) is 0 Å². The van der Waals surface area contributed by atoms with Crippen LogP contribution in [0.3, 0.4) is 0 Å². The molecule has 10 heteroatoms. The fraction of sp³-hybridized carbons (Fsp3) is 0. The Labute approximate surface area is 99.9 Å².